The molecule has 2 aliphatic rings. The molecule has 0 aliphatic carbocycles. The number of aryl methyl sites for hydroxylation is 2. The maximum Gasteiger partial charge on any atom is 0.272 e. The molecule has 0 atom stereocenters. The molecule has 0 bridgehead atoms. The Morgan fingerprint density at radius 3 is 2.32 bits per heavy atom. The molecule has 0 saturated carbocycles. The van der Waals surface area contributed by atoms with Crippen LogP contribution >= 0.6 is 23.2 Å². The molecule has 0 unspecified atom stereocenters. The van der Waals surface area contributed by atoms with Crippen molar-refractivity contribution >= 4 is 39.1 Å². The number of rotatable bonds is 8. The van der Waals surface area contributed by atoms with Crippen molar-refractivity contribution in [1.29, 1.82) is 0 Å². The van der Waals surface area contributed by atoms with E-state index in [2.05, 4.69) is 14.9 Å². The molecule has 2 fully saturated rings. The van der Waals surface area contributed by atoms with Crippen LogP contribution in [-0.4, -0.2) is 89.5 Å². The molecule has 8 nitrogen and oxygen atoms in total. The van der Waals surface area contributed by atoms with E-state index in [0.717, 1.165) is 62.0 Å². The Hall–Kier alpha value is -1.78. The first-order chi connectivity index (χ1) is 18.1. The van der Waals surface area contributed by atoms with Gasteiger partial charge in [0.15, 0.2) is 0 Å². The predicted molar refractivity (Wildman–Crippen MR) is 151 cm³/mol. The van der Waals surface area contributed by atoms with Crippen LogP contribution in [0.25, 0.3) is 0 Å². The van der Waals surface area contributed by atoms with Crippen LogP contribution in [-0.2, 0) is 22.9 Å². The summed E-state index contributed by atoms with van der Waals surface area (Å²) in [6.45, 7) is 7.50. The largest absolute Gasteiger partial charge is 0.337 e. The maximum atomic E-state index is 13.4. The van der Waals surface area contributed by atoms with Crippen LogP contribution in [0.5, 0.6) is 0 Å². The standard InChI is InChI=1S/C27H37Cl2N5O3S/c1-4-34(38(3,36)37)22-11-13-32(14-12-22)21-9-15-33(16-10-21)27(35)26-19(2)25(30-18-31-26)8-6-20-5-7-23(28)24(29)17-20/h5,7,17-18,21-22H,4,6,8-16H2,1-3H3. The number of hydrogen-bond donors (Lipinski definition) is 0. The highest BCUT2D eigenvalue weighted by atomic mass is 35.5. The predicted octanol–water partition coefficient (Wildman–Crippen LogP) is 4.23. The maximum absolute atomic E-state index is 13.4. The third kappa shape index (κ3) is 6.86. The van der Waals surface area contributed by atoms with Crippen LogP contribution in [0, 0.1) is 6.92 Å². The number of benzene rings is 1. The van der Waals surface area contributed by atoms with E-state index < -0.39 is 10.0 Å². The van der Waals surface area contributed by atoms with Gasteiger partial charge < -0.3 is 9.80 Å². The minimum Gasteiger partial charge on any atom is -0.337 e. The lowest BCUT2D eigenvalue weighted by Crippen LogP contribution is -2.52. The van der Waals surface area contributed by atoms with Crippen molar-refractivity contribution in [3.63, 3.8) is 0 Å². The number of aromatic nitrogens is 2. The highest BCUT2D eigenvalue weighted by Crippen LogP contribution is 2.26. The number of nitrogens with zero attached hydrogens (tertiary/aromatic N) is 5. The van der Waals surface area contributed by atoms with Crippen molar-refractivity contribution in [2.75, 3.05) is 39.0 Å². The van der Waals surface area contributed by atoms with Crippen LogP contribution in [0.2, 0.25) is 10.0 Å². The lowest BCUT2D eigenvalue weighted by Gasteiger charge is -2.43. The van der Waals surface area contributed by atoms with Crippen LogP contribution < -0.4 is 0 Å². The van der Waals surface area contributed by atoms with Gasteiger partial charge in [0.1, 0.15) is 12.0 Å². The summed E-state index contributed by atoms with van der Waals surface area (Å²) in [6, 6.07) is 6.11. The smallest absolute Gasteiger partial charge is 0.272 e. The molecule has 11 heteroatoms. The van der Waals surface area contributed by atoms with Crippen LogP contribution in [0.15, 0.2) is 24.5 Å². The highest BCUT2D eigenvalue weighted by Gasteiger charge is 2.34. The molecule has 3 heterocycles. The summed E-state index contributed by atoms with van der Waals surface area (Å²) in [5.74, 6) is -0.0374. The van der Waals surface area contributed by atoms with E-state index in [0.29, 0.717) is 47.8 Å². The molecular weight excluding hydrogens is 545 g/mol. The van der Waals surface area contributed by atoms with Gasteiger partial charge in [-0.3, -0.25) is 4.79 Å². The van der Waals surface area contributed by atoms with E-state index in [1.165, 1.54) is 12.6 Å². The number of carbonyl (C=O) groups excluding carboxylic acids is 1. The third-order valence-corrected chi connectivity index (χ3v) is 10.1. The Bertz CT molecular complexity index is 1240. The van der Waals surface area contributed by atoms with Crippen molar-refractivity contribution in [2.45, 2.75) is 64.5 Å². The molecule has 1 amide bonds. The summed E-state index contributed by atoms with van der Waals surface area (Å²) in [5.41, 5.74) is 3.23. The van der Waals surface area contributed by atoms with Gasteiger partial charge in [0.2, 0.25) is 10.0 Å². The van der Waals surface area contributed by atoms with Gasteiger partial charge in [0.25, 0.3) is 5.91 Å². The van der Waals surface area contributed by atoms with Crippen LogP contribution in [0.3, 0.4) is 0 Å². The molecule has 38 heavy (non-hydrogen) atoms. The lowest BCUT2D eigenvalue weighted by atomic mass is 9.97. The zero-order valence-corrected chi connectivity index (χ0v) is 24.7. The molecule has 0 N–H and O–H groups in total. The second kappa shape index (κ2) is 12.6. The highest BCUT2D eigenvalue weighted by molar-refractivity contribution is 7.88. The quantitative estimate of drug-likeness (QED) is 0.463. The monoisotopic (exact) mass is 581 g/mol. The summed E-state index contributed by atoms with van der Waals surface area (Å²) < 4.78 is 25.8. The van der Waals surface area contributed by atoms with E-state index >= 15 is 0 Å². The number of sulfonamides is 1. The Morgan fingerprint density at radius 1 is 1.03 bits per heavy atom. The number of piperidine rings is 2. The second-order valence-corrected chi connectivity index (χ2v) is 13.0. The topological polar surface area (TPSA) is 86.7 Å². The fraction of sp³-hybridized carbons (Fsp3) is 0.593. The number of halogens is 2. The van der Waals surface area contributed by atoms with Crippen molar-refractivity contribution < 1.29 is 13.2 Å². The molecule has 1 aromatic heterocycles. The van der Waals surface area contributed by atoms with Crippen molar-refractivity contribution in [3.05, 3.63) is 57.1 Å². The minimum atomic E-state index is -3.18. The Labute approximate surface area is 236 Å². The van der Waals surface area contributed by atoms with Gasteiger partial charge in [-0.05, 0) is 76.2 Å². The molecule has 2 saturated heterocycles. The zero-order valence-electron chi connectivity index (χ0n) is 22.4. The summed E-state index contributed by atoms with van der Waals surface area (Å²) in [5, 5.41) is 1.06. The van der Waals surface area contributed by atoms with E-state index in [1.807, 2.05) is 30.9 Å². The fourth-order valence-electron chi connectivity index (χ4n) is 5.80. The average Bonchev–Trinajstić information content (AvgIpc) is 2.90. The summed E-state index contributed by atoms with van der Waals surface area (Å²) >= 11 is 12.2. The third-order valence-electron chi connectivity index (χ3n) is 7.94. The Balaban J connectivity index is 1.31. The van der Waals surface area contributed by atoms with E-state index in [-0.39, 0.29) is 11.9 Å². The van der Waals surface area contributed by atoms with E-state index in [1.54, 1.807) is 10.4 Å². The number of likely N-dealkylation sites (tertiary alicyclic amines) is 2. The van der Waals surface area contributed by atoms with Crippen LogP contribution in [0.4, 0.5) is 0 Å². The Kier molecular flexibility index (Phi) is 9.68. The molecule has 2 aliphatic heterocycles. The molecule has 1 aromatic carbocycles. The van der Waals surface area contributed by atoms with Gasteiger partial charge in [0.05, 0.1) is 16.3 Å². The van der Waals surface area contributed by atoms with Crippen LogP contribution in [0.1, 0.15) is 59.9 Å². The van der Waals surface area contributed by atoms with Crippen molar-refractivity contribution in [3.8, 4) is 0 Å². The van der Waals surface area contributed by atoms with Gasteiger partial charge in [-0.15, -0.1) is 0 Å². The first-order valence-corrected chi connectivity index (χ1v) is 15.9. The second-order valence-electron chi connectivity index (χ2n) is 10.3. The van der Waals surface area contributed by atoms with Gasteiger partial charge in [-0.2, -0.15) is 4.31 Å². The summed E-state index contributed by atoms with van der Waals surface area (Å²) in [6.07, 6.45) is 7.73. The minimum absolute atomic E-state index is 0.0374. The van der Waals surface area contributed by atoms with Crippen molar-refractivity contribution in [1.82, 2.24) is 24.1 Å². The van der Waals surface area contributed by atoms with Gasteiger partial charge in [-0.1, -0.05) is 36.2 Å². The summed E-state index contributed by atoms with van der Waals surface area (Å²) in [7, 11) is -3.18. The molecule has 0 radical (unpaired) electrons. The number of carbonyl (C=O) groups is 1. The van der Waals surface area contributed by atoms with E-state index in [9.17, 15) is 13.2 Å². The van der Waals surface area contributed by atoms with Gasteiger partial charge in [-0.25, -0.2) is 18.4 Å². The molecule has 0 spiro atoms. The number of amides is 1. The van der Waals surface area contributed by atoms with Crippen molar-refractivity contribution in [2.24, 2.45) is 0 Å². The molecule has 208 valence electrons. The lowest BCUT2D eigenvalue weighted by molar-refractivity contribution is 0.0535. The SMILES string of the molecule is CCN(C1CCN(C2CCN(C(=O)c3ncnc(CCc4ccc(Cl)c(Cl)c4)c3C)CC2)CC1)S(C)(=O)=O. The Morgan fingerprint density at radius 2 is 1.71 bits per heavy atom. The normalized spacial score (nSPS) is 18.3. The molecule has 2 aromatic rings. The molecule has 4 rings (SSSR count). The van der Waals surface area contributed by atoms with E-state index in [4.69, 9.17) is 23.2 Å². The fourth-order valence-corrected chi connectivity index (χ4v) is 7.34. The average molecular weight is 583 g/mol. The molecular formula is C27H37Cl2N5O3S. The van der Waals surface area contributed by atoms with Gasteiger partial charge in [0, 0.05) is 43.0 Å². The first-order valence-electron chi connectivity index (χ1n) is 13.3. The zero-order chi connectivity index (χ0) is 27.4. The summed E-state index contributed by atoms with van der Waals surface area (Å²) in [4.78, 5) is 26.6. The first kappa shape index (κ1) is 29.2. The number of hydrogen-bond acceptors (Lipinski definition) is 6. The van der Waals surface area contributed by atoms with Gasteiger partial charge >= 0.3 is 0 Å².